The monoisotopic (exact) mass is 216 g/mol. The Kier molecular flexibility index (Phi) is 95.2. The molecule has 0 bridgehead atoms. The molecule has 0 aliphatic carbocycles. The normalized spacial score (nSPS) is 0. The quantitative estimate of drug-likeness (QED) is 0.450. The molecule has 0 aromatic rings. The van der Waals surface area contributed by atoms with Crippen molar-refractivity contribution in [2.45, 2.75) is 0 Å². The van der Waals surface area contributed by atoms with Crippen molar-refractivity contribution >= 4 is 106 Å². The Morgan fingerprint density at radius 1 is 1.00 bits per heavy atom. The fraction of sp³-hybridized carbons (Fsp3) is 0. The smallest absolute Gasteiger partial charge is 0 e. The minimum atomic E-state index is 0. The summed E-state index contributed by atoms with van der Waals surface area (Å²) in [5.74, 6) is 0. The first-order chi connectivity index (χ1) is 0. The van der Waals surface area contributed by atoms with Gasteiger partial charge in [0.2, 0.25) is 0 Å². The third kappa shape index (κ3) is 9.46. The van der Waals surface area contributed by atoms with Crippen LogP contribution in [-0.4, -0.2) is 106 Å². The standard InChI is InChI=1S/Ca.Mg.Sr.Zn. The van der Waals surface area contributed by atoms with Crippen LogP contribution in [0.3, 0.4) is 0 Å². The van der Waals surface area contributed by atoms with E-state index in [0.717, 1.165) is 0 Å². The van der Waals surface area contributed by atoms with Crippen LogP contribution in [0, 0.1) is 0 Å². The molecular formula is CaMgSrZn. The van der Waals surface area contributed by atoms with Crippen molar-refractivity contribution in [1.82, 2.24) is 0 Å². The Balaban J connectivity index is 0. The van der Waals surface area contributed by atoms with Gasteiger partial charge < -0.3 is 0 Å². The van der Waals surface area contributed by atoms with Gasteiger partial charge in [-0.05, 0) is 0 Å². The van der Waals surface area contributed by atoms with E-state index in [1.165, 1.54) is 0 Å². The first-order valence-electron chi connectivity index (χ1n) is 0. The molecule has 0 fully saturated rings. The van der Waals surface area contributed by atoms with Crippen molar-refractivity contribution in [1.29, 1.82) is 0 Å². The van der Waals surface area contributed by atoms with E-state index in [-0.39, 0.29) is 126 Å². The third-order valence-corrected chi connectivity index (χ3v) is 0. The first kappa shape index (κ1) is 24.2. The second-order valence-corrected chi connectivity index (χ2v) is 0. The first-order valence-corrected chi connectivity index (χ1v) is 0. The zero-order valence-electron chi connectivity index (χ0n) is 2.83. The fourth-order valence-corrected chi connectivity index (χ4v) is 0. The summed E-state index contributed by atoms with van der Waals surface area (Å²) in [4.78, 5) is 0. The van der Waals surface area contributed by atoms with Gasteiger partial charge in [0.15, 0.2) is 0 Å². The summed E-state index contributed by atoms with van der Waals surface area (Å²) in [6.45, 7) is 0. The van der Waals surface area contributed by atoms with Crippen LogP contribution in [0.25, 0.3) is 0 Å². The van der Waals surface area contributed by atoms with E-state index in [0.29, 0.717) is 0 Å². The van der Waals surface area contributed by atoms with Gasteiger partial charge in [0.05, 0.1) is 0 Å². The van der Waals surface area contributed by atoms with Crippen LogP contribution in [0.5, 0.6) is 0 Å². The van der Waals surface area contributed by atoms with Crippen LogP contribution in [-0.2, 0) is 19.5 Å². The number of hydrogen-bond donors (Lipinski definition) is 0. The minimum Gasteiger partial charge on any atom is 0 e. The molecule has 0 unspecified atom stereocenters. The van der Waals surface area contributed by atoms with Gasteiger partial charge in [0, 0.05) is 126 Å². The van der Waals surface area contributed by atoms with Crippen LogP contribution >= 0.6 is 0 Å². The molecule has 0 nitrogen and oxygen atoms in total. The molecule has 8 valence electrons. The van der Waals surface area contributed by atoms with Crippen molar-refractivity contribution in [3.8, 4) is 0 Å². The fourth-order valence-electron chi connectivity index (χ4n) is 0. The molecule has 0 saturated carbocycles. The minimum absolute atomic E-state index is 0. The van der Waals surface area contributed by atoms with Crippen LogP contribution < -0.4 is 0 Å². The molecule has 4 heteroatoms. The third-order valence-electron chi connectivity index (χ3n) is 0. The topological polar surface area (TPSA) is 0 Å². The maximum atomic E-state index is 0. The Hall–Kier alpha value is 4.13. The van der Waals surface area contributed by atoms with E-state index in [4.69, 9.17) is 0 Å². The summed E-state index contributed by atoms with van der Waals surface area (Å²) in [5, 5.41) is 0. The molecule has 0 aromatic heterocycles. The Morgan fingerprint density at radius 3 is 1.00 bits per heavy atom. The zero-order valence-corrected chi connectivity index (χ0v) is 12.9. The Morgan fingerprint density at radius 2 is 1.00 bits per heavy atom. The Bertz CT molecular complexity index is 8.00. The second-order valence-electron chi connectivity index (χ2n) is 0. The molecule has 0 spiro atoms. The van der Waals surface area contributed by atoms with Crippen molar-refractivity contribution in [3.05, 3.63) is 0 Å². The van der Waals surface area contributed by atoms with Crippen molar-refractivity contribution in [2.24, 2.45) is 0 Å². The SMILES string of the molecule is [Ca].[Mg].[Sr].[Zn]. The van der Waals surface area contributed by atoms with Crippen LogP contribution in [0.2, 0.25) is 0 Å². The largest absolute Gasteiger partial charge is 0 e. The molecule has 0 amide bonds. The van der Waals surface area contributed by atoms with E-state index < -0.39 is 0 Å². The van der Waals surface area contributed by atoms with E-state index in [2.05, 4.69) is 0 Å². The maximum Gasteiger partial charge on any atom is 0 e. The summed E-state index contributed by atoms with van der Waals surface area (Å²) in [7, 11) is 0. The van der Waals surface area contributed by atoms with E-state index in [1.54, 1.807) is 0 Å². The molecule has 4 heavy (non-hydrogen) atoms. The molecule has 0 aromatic carbocycles. The molecule has 0 rings (SSSR count). The number of hydrogen-bond acceptors (Lipinski definition) is 0. The summed E-state index contributed by atoms with van der Waals surface area (Å²) in [6, 6.07) is 0. The van der Waals surface area contributed by atoms with Gasteiger partial charge in [-0.3, -0.25) is 0 Å². The van der Waals surface area contributed by atoms with Crippen molar-refractivity contribution in [2.75, 3.05) is 0 Å². The van der Waals surface area contributed by atoms with Gasteiger partial charge in [-0.25, -0.2) is 0 Å². The van der Waals surface area contributed by atoms with E-state index >= 15 is 0 Å². The van der Waals surface area contributed by atoms with Crippen LogP contribution in [0.1, 0.15) is 0 Å². The van der Waals surface area contributed by atoms with Gasteiger partial charge >= 0.3 is 0 Å². The summed E-state index contributed by atoms with van der Waals surface area (Å²) < 4.78 is 0. The molecule has 0 aliphatic heterocycles. The van der Waals surface area contributed by atoms with Crippen LogP contribution in [0.15, 0.2) is 0 Å². The van der Waals surface area contributed by atoms with E-state index in [1.807, 2.05) is 0 Å². The average molecular weight is 217 g/mol. The molecule has 0 heterocycles. The number of rotatable bonds is 0. The van der Waals surface area contributed by atoms with Gasteiger partial charge in [0.1, 0.15) is 0 Å². The Labute approximate surface area is 122 Å². The zero-order chi connectivity index (χ0) is 0. The summed E-state index contributed by atoms with van der Waals surface area (Å²) >= 11 is 0. The van der Waals surface area contributed by atoms with Crippen molar-refractivity contribution < 1.29 is 19.5 Å². The predicted octanol–water partition coefficient (Wildman–Crippen LogP) is -1.14. The van der Waals surface area contributed by atoms with Gasteiger partial charge in [-0.15, -0.1) is 0 Å². The molecule has 0 N–H and O–H groups in total. The average Bonchev–Trinajstić information content (AvgIpc) is 0. The van der Waals surface area contributed by atoms with Gasteiger partial charge in [-0.1, -0.05) is 0 Å². The van der Waals surface area contributed by atoms with Crippen molar-refractivity contribution in [3.63, 3.8) is 0 Å². The van der Waals surface area contributed by atoms with Gasteiger partial charge in [0.25, 0.3) is 0 Å². The van der Waals surface area contributed by atoms with Gasteiger partial charge in [-0.2, -0.15) is 0 Å². The van der Waals surface area contributed by atoms with E-state index in [9.17, 15) is 0 Å². The van der Waals surface area contributed by atoms with Crippen LogP contribution in [0.4, 0.5) is 0 Å². The predicted molar refractivity (Wildman–Crippen MR) is 17.3 cm³/mol. The molecule has 0 aliphatic rings. The molecule has 6 radical (unpaired) electrons. The maximum absolute atomic E-state index is 0. The molecule has 0 atom stereocenters. The summed E-state index contributed by atoms with van der Waals surface area (Å²) in [5.41, 5.74) is 0. The molecule has 0 saturated heterocycles. The summed E-state index contributed by atoms with van der Waals surface area (Å²) in [6.07, 6.45) is 0. The second kappa shape index (κ2) is 15.7. The molecular weight excluding hydrogens is 217 g/mol.